The van der Waals surface area contributed by atoms with E-state index in [-0.39, 0.29) is 18.0 Å². The van der Waals surface area contributed by atoms with Gasteiger partial charge in [-0.15, -0.1) is 0 Å². The first-order chi connectivity index (χ1) is 21.3. The summed E-state index contributed by atoms with van der Waals surface area (Å²) < 4.78 is 41.0. The van der Waals surface area contributed by atoms with Gasteiger partial charge in [0.25, 0.3) is 0 Å². The second-order valence-corrected chi connectivity index (χ2v) is 14.3. The number of methoxy groups -OCH3 is 1. The second-order valence-electron chi connectivity index (χ2n) is 12.3. The van der Waals surface area contributed by atoms with Crippen LogP contribution in [0.15, 0.2) is 83.9 Å². The molecule has 0 fully saturated rings. The van der Waals surface area contributed by atoms with Crippen molar-refractivity contribution in [1.29, 1.82) is 0 Å². The van der Waals surface area contributed by atoms with E-state index in [1.165, 1.54) is 8.87 Å². The number of fused-ring (bicyclic) bond motifs is 1. The number of carbonyl (C=O) groups is 1. The third-order valence-electron chi connectivity index (χ3n) is 7.47. The Morgan fingerprint density at radius 2 is 1.64 bits per heavy atom. The summed E-state index contributed by atoms with van der Waals surface area (Å²) >= 11 is 0. The highest BCUT2D eigenvalue weighted by Crippen LogP contribution is 2.31. The standard InChI is InChI=1S/C36H44N2O6S/c1-26-12-19-30(20-13-26)45(41,42)37(23-9-10-28-15-17-29(43-6)18-16-28)22-8-7-11-34(39)32-25-38(35(40)44-36(3,4)5)33-21-14-27(2)24-31(32)33/h9-10,12-21,24-25,34,39H,7-8,11,22-23H2,1-6H3/b10-9+. The monoisotopic (exact) mass is 632 g/mol. The molecule has 1 aromatic heterocycles. The van der Waals surface area contributed by atoms with E-state index < -0.39 is 27.8 Å². The fourth-order valence-corrected chi connectivity index (χ4v) is 6.50. The van der Waals surface area contributed by atoms with Crippen molar-refractivity contribution in [3.63, 3.8) is 0 Å². The van der Waals surface area contributed by atoms with Gasteiger partial charge in [-0.1, -0.05) is 53.6 Å². The third-order valence-corrected chi connectivity index (χ3v) is 9.35. The zero-order valence-corrected chi connectivity index (χ0v) is 27.8. The number of rotatable bonds is 12. The normalized spacial score (nSPS) is 13.1. The minimum absolute atomic E-state index is 0.202. The lowest BCUT2D eigenvalue weighted by Gasteiger charge is -2.21. The predicted molar refractivity (Wildman–Crippen MR) is 179 cm³/mol. The molecule has 8 nitrogen and oxygen atoms in total. The number of aromatic nitrogens is 1. The van der Waals surface area contributed by atoms with Crippen LogP contribution in [0.2, 0.25) is 0 Å². The predicted octanol–water partition coefficient (Wildman–Crippen LogP) is 7.66. The van der Waals surface area contributed by atoms with E-state index in [4.69, 9.17) is 9.47 Å². The molecule has 1 heterocycles. The Hall–Kier alpha value is -3.92. The van der Waals surface area contributed by atoms with Crippen LogP contribution in [0.5, 0.6) is 5.75 Å². The molecule has 1 atom stereocenters. The highest BCUT2D eigenvalue weighted by molar-refractivity contribution is 7.89. The molecule has 0 radical (unpaired) electrons. The molecule has 4 aromatic rings. The van der Waals surface area contributed by atoms with Crippen molar-refractivity contribution in [3.8, 4) is 5.75 Å². The Labute approximate surface area is 266 Å². The molecule has 240 valence electrons. The summed E-state index contributed by atoms with van der Waals surface area (Å²) in [5.41, 5.74) is 3.59. The van der Waals surface area contributed by atoms with Crippen LogP contribution in [0.25, 0.3) is 17.0 Å². The molecule has 3 aromatic carbocycles. The van der Waals surface area contributed by atoms with E-state index in [0.717, 1.165) is 27.8 Å². The first-order valence-electron chi connectivity index (χ1n) is 15.2. The molecule has 0 aliphatic rings. The van der Waals surface area contributed by atoms with Crippen LogP contribution >= 0.6 is 0 Å². The van der Waals surface area contributed by atoms with Gasteiger partial charge in [-0.25, -0.2) is 13.2 Å². The number of benzene rings is 3. The molecular weight excluding hydrogens is 588 g/mol. The number of hydrogen-bond acceptors (Lipinski definition) is 6. The van der Waals surface area contributed by atoms with Gasteiger partial charge in [0.05, 0.1) is 23.6 Å². The van der Waals surface area contributed by atoms with Crippen molar-refractivity contribution in [2.45, 2.75) is 70.5 Å². The summed E-state index contributed by atoms with van der Waals surface area (Å²) in [5, 5.41) is 12.0. The fraction of sp³-hybridized carbons (Fsp3) is 0.361. The zero-order chi connectivity index (χ0) is 32.8. The molecule has 0 bridgehead atoms. The number of carbonyl (C=O) groups excluding carboxylic acids is 1. The lowest BCUT2D eigenvalue weighted by molar-refractivity contribution is 0.0543. The average Bonchev–Trinajstić information content (AvgIpc) is 3.37. The SMILES string of the molecule is COc1ccc(/C=C/CN(CCCCC(O)c2cn(C(=O)OC(C)(C)C)c3ccc(C)cc23)S(=O)(=O)c2ccc(C)cc2)cc1. The number of aliphatic hydroxyl groups excluding tert-OH is 1. The number of aryl methyl sites for hydroxylation is 2. The van der Waals surface area contributed by atoms with Gasteiger partial charge in [0.15, 0.2) is 0 Å². The molecule has 0 aliphatic carbocycles. The van der Waals surface area contributed by atoms with Crippen molar-refractivity contribution in [1.82, 2.24) is 8.87 Å². The summed E-state index contributed by atoms with van der Waals surface area (Å²) in [6.07, 6.45) is 5.57. The summed E-state index contributed by atoms with van der Waals surface area (Å²) in [5.74, 6) is 0.752. The summed E-state index contributed by atoms with van der Waals surface area (Å²) in [4.78, 5) is 13.2. The third kappa shape index (κ3) is 8.84. The summed E-state index contributed by atoms with van der Waals surface area (Å²) in [6, 6.07) is 20.1. The van der Waals surface area contributed by atoms with Crippen LogP contribution in [0.1, 0.15) is 68.4 Å². The van der Waals surface area contributed by atoms with E-state index in [2.05, 4.69) is 0 Å². The lowest BCUT2D eigenvalue weighted by atomic mass is 10.0. The zero-order valence-electron chi connectivity index (χ0n) is 27.0. The van der Waals surface area contributed by atoms with Crippen LogP contribution in [0.4, 0.5) is 4.79 Å². The maximum absolute atomic E-state index is 13.6. The Morgan fingerprint density at radius 3 is 2.29 bits per heavy atom. The minimum Gasteiger partial charge on any atom is -0.497 e. The van der Waals surface area contributed by atoms with Gasteiger partial charge in [0, 0.05) is 30.2 Å². The van der Waals surface area contributed by atoms with Gasteiger partial charge in [-0.05, 0) is 95.8 Å². The van der Waals surface area contributed by atoms with Crippen molar-refractivity contribution >= 4 is 33.1 Å². The number of unbranched alkanes of at least 4 members (excludes halogenated alkanes) is 1. The summed E-state index contributed by atoms with van der Waals surface area (Å²) in [7, 11) is -2.13. The van der Waals surface area contributed by atoms with Gasteiger partial charge in [0.1, 0.15) is 11.4 Å². The smallest absolute Gasteiger partial charge is 0.419 e. The van der Waals surface area contributed by atoms with Crippen LogP contribution in [-0.4, -0.2) is 54.3 Å². The molecular formula is C36H44N2O6S. The van der Waals surface area contributed by atoms with Gasteiger partial charge in [-0.2, -0.15) is 4.31 Å². The average molecular weight is 633 g/mol. The van der Waals surface area contributed by atoms with E-state index >= 15 is 0 Å². The maximum Gasteiger partial charge on any atom is 0.419 e. The number of hydrogen-bond donors (Lipinski definition) is 1. The number of aliphatic hydroxyl groups is 1. The molecule has 45 heavy (non-hydrogen) atoms. The number of sulfonamides is 1. The first kappa shape index (κ1) is 34.0. The van der Waals surface area contributed by atoms with E-state index in [9.17, 15) is 18.3 Å². The quantitative estimate of drug-likeness (QED) is 0.161. The molecule has 0 amide bonds. The molecule has 1 N–H and O–H groups in total. The lowest BCUT2D eigenvalue weighted by Crippen LogP contribution is -2.32. The van der Waals surface area contributed by atoms with Gasteiger partial charge in [0.2, 0.25) is 10.0 Å². The number of nitrogens with zero attached hydrogens (tertiary/aromatic N) is 2. The molecule has 9 heteroatoms. The number of ether oxygens (including phenoxy) is 2. The Morgan fingerprint density at radius 1 is 0.978 bits per heavy atom. The molecule has 4 rings (SSSR count). The topological polar surface area (TPSA) is 98.1 Å². The molecule has 1 unspecified atom stereocenters. The van der Waals surface area contributed by atoms with Crippen LogP contribution < -0.4 is 4.74 Å². The summed E-state index contributed by atoms with van der Waals surface area (Å²) in [6.45, 7) is 9.81. The van der Waals surface area contributed by atoms with E-state index in [1.807, 2.05) is 89.2 Å². The minimum atomic E-state index is -3.75. The van der Waals surface area contributed by atoms with Gasteiger partial charge >= 0.3 is 6.09 Å². The van der Waals surface area contributed by atoms with Crippen molar-refractivity contribution < 1.29 is 27.8 Å². The molecule has 0 saturated heterocycles. The first-order valence-corrected chi connectivity index (χ1v) is 16.6. The van der Waals surface area contributed by atoms with Gasteiger partial charge in [-0.3, -0.25) is 4.57 Å². The highest BCUT2D eigenvalue weighted by Gasteiger charge is 2.25. The Bertz CT molecular complexity index is 1730. The largest absolute Gasteiger partial charge is 0.497 e. The van der Waals surface area contributed by atoms with Crippen molar-refractivity contribution in [2.24, 2.45) is 0 Å². The van der Waals surface area contributed by atoms with E-state index in [1.54, 1.807) is 37.6 Å². The molecule has 0 spiro atoms. The molecule has 0 aliphatic heterocycles. The van der Waals surface area contributed by atoms with Crippen LogP contribution in [0.3, 0.4) is 0 Å². The van der Waals surface area contributed by atoms with Crippen LogP contribution in [0, 0.1) is 13.8 Å². The molecule has 0 saturated carbocycles. The Balaban J connectivity index is 1.47. The fourth-order valence-electron chi connectivity index (χ4n) is 5.07. The highest BCUT2D eigenvalue weighted by atomic mass is 32.2. The Kier molecular flexibility index (Phi) is 10.9. The van der Waals surface area contributed by atoms with Gasteiger partial charge < -0.3 is 14.6 Å². The van der Waals surface area contributed by atoms with E-state index in [0.29, 0.717) is 30.3 Å². The maximum atomic E-state index is 13.6. The second kappa shape index (κ2) is 14.5. The van der Waals surface area contributed by atoms with Crippen molar-refractivity contribution in [3.05, 3.63) is 101 Å². The van der Waals surface area contributed by atoms with Crippen molar-refractivity contribution in [2.75, 3.05) is 20.2 Å². The van der Waals surface area contributed by atoms with Crippen LogP contribution in [-0.2, 0) is 14.8 Å².